The number of aliphatic hydroxyl groups excluding tert-OH is 1. The van der Waals surface area contributed by atoms with Crippen LogP contribution in [0.15, 0.2) is 12.4 Å². The van der Waals surface area contributed by atoms with E-state index in [9.17, 15) is 13.6 Å². The highest BCUT2D eigenvalue weighted by Gasteiger charge is 2.23. The first kappa shape index (κ1) is 18.6. The number of imidazole rings is 1. The molecule has 1 aromatic rings. The fourth-order valence-electron chi connectivity index (χ4n) is 2.72. The summed E-state index contributed by atoms with van der Waals surface area (Å²) >= 11 is 0. The minimum Gasteiger partial charge on any atom is -0.396 e. The van der Waals surface area contributed by atoms with E-state index in [4.69, 9.17) is 5.11 Å². The first-order valence-electron chi connectivity index (χ1n) is 8.19. The molecule has 0 radical (unpaired) electrons. The fourth-order valence-corrected chi connectivity index (χ4v) is 2.72. The lowest BCUT2D eigenvalue weighted by Gasteiger charge is -2.35. The van der Waals surface area contributed by atoms with Gasteiger partial charge in [-0.1, -0.05) is 0 Å². The Labute approximate surface area is 140 Å². The van der Waals surface area contributed by atoms with Crippen LogP contribution >= 0.6 is 0 Å². The van der Waals surface area contributed by atoms with E-state index >= 15 is 0 Å². The van der Waals surface area contributed by atoms with Gasteiger partial charge in [0.25, 0.3) is 0 Å². The van der Waals surface area contributed by atoms with Crippen molar-refractivity contribution in [1.82, 2.24) is 24.7 Å². The number of hydrogen-bond donors (Lipinski definition) is 2. The number of aromatic nitrogens is 2. The molecular weight excluding hydrogens is 320 g/mol. The molecule has 0 spiro atoms. The Balaban J connectivity index is 1.76. The summed E-state index contributed by atoms with van der Waals surface area (Å²) in [5, 5.41) is 11.7. The summed E-state index contributed by atoms with van der Waals surface area (Å²) < 4.78 is 26.5. The molecule has 2 heterocycles. The highest BCUT2D eigenvalue weighted by molar-refractivity contribution is 5.74. The summed E-state index contributed by atoms with van der Waals surface area (Å²) in [7, 11) is 0. The van der Waals surface area contributed by atoms with E-state index in [2.05, 4.69) is 10.3 Å². The number of carbonyl (C=O) groups is 1. The Morgan fingerprint density at radius 3 is 2.71 bits per heavy atom. The van der Waals surface area contributed by atoms with Gasteiger partial charge in [-0.15, -0.1) is 0 Å². The van der Waals surface area contributed by atoms with E-state index in [1.165, 1.54) is 12.4 Å². The minimum absolute atomic E-state index is 0.0150. The largest absolute Gasteiger partial charge is 0.396 e. The lowest BCUT2D eigenvalue weighted by Crippen LogP contribution is -2.53. The minimum atomic E-state index is -2.59. The first-order valence-corrected chi connectivity index (χ1v) is 8.19. The number of hydrogen-bond acceptors (Lipinski definition) is 4. The van der Waals surface area contributed by atoms with Crippen molar-refractivity contribution in [2.75, 3.05) is 32.8 Å². The molecule has 0 aliphatic carbocycles. The second-order valence-electron chi connectivity index (χ2n) is 6.01. The van der Waals surface area contributed by atoms with Crippen LogP contribution in [-0.2, 0) is 6.54 Å². The van der Waals surface area contributed by atoms with Crippen LogP contribution in [0.3, 0.4) is 0 Å². The van der Waals surface area contributed by atoms with E-state index in [1.54, 1.807) is 4.90 Å². The quantitative estimate of drug-likeness (QED) is 0.780. The number of urea groups is 1. The molecule has 1 aliphatic rings. The van der Waals surface area contributed by atoms with Gasteiger partial charge in [0, 0.05) is 51.2 Å². The van der Waals surface area contributed by atoms with Crippen LogP contribution in [0.1, 0.15) is 32.1 Å². The van der Waals surface area contributed by atoms with Gasteiger partial charge in [0.05, 0.1) is 6.54 Å². The van der Waals surface area contributed by atoms with Crippen molar-refractivity contribution in [3.8, 4) is 0 Å². The number of amides is 2. The molecule has 9 heteroatoms. The van der Waals surface area contributed by atoms with E-state index < -0.39 is 6.55 Å². The molecule has 0 aromatic carbocycles. The van der Waals surface area contributed by atoms with Crippen LogP contribution in [-0.4, -0.2) is 69.3 Å². The summed E-state index contributed by atoms with van der Waals surface area (Å²) in [6.45, 7) is 2.13. The van der Waals surface area contributed by atoms with E-state index in [0.29, 0.717) is 45.0 Å². The SMILES string of the molecule is CC(CCCO)NC(=O)N1CCN(Cc2nccn2C(F)F)CC1. The fraction of sp³-hybridized carbons (Fsp3) is 0.733. The van der Waals surface area contributed by atoms with Crippen LogP contribution in [0.5, 0.6) is 0 Å². The Morgan fingerprint density at radius 1 is 1.38 bits per heavy atom. The maximum atomic E-state index is 12.8. The predicted molar refractivity (Wildman–Crippen MR) is 84.6 cm³/mol. The smallest absolute Gasteiger partial charge is 0.319 e. The summed E-state index contributed by atoms with van der Waals surface area (Å²) in [6, 6.07) is -0.102. The third-order valence-corrected chi connectivity index (χ3v) is 4.15. The topological polar surface area (TPSA) is 73.6 Å². The first-order chi connectivity index (χ1) is 11.5. The van der Waals surface area contributed by atoms with Crippen molar-refractivity contribution < 1.29 is 18.7 Å². The molecule has 2 amide bonds. The zero-order valence-corrected chi connectivity index (χ0v) is 13.9. The van der Waals surface area contributed by atoms with E-state index in [-0.39, 0.29) is 18.7 Å². The Kier molecular flexibility index (Phi) is 6.92. The van der Waals surface area contributed by atoms with Crippen molar-refractivity contribution >= 4 is 6.03 Å². The molecule has 0 saturated carbocycles. The van der Waals surface area contributed by atoms with Crippen LogP contribution in [0.25, 0.3) is 0 Å². The lowest BCUT2D eigenvalue weighted by molar-refractivity contribution is 0.0618. The molecule has 2 rings (SSSR count). The second kappa shape index (κ2) is 8.93. The van der Waals surface area contributed by atoms with Crippen LogP contribution in [0.2, 0.25) is 0 Å². The summed E-state index contributed by atoms with van der Waals surface area (Å²) in [5.74, 6) is 0.334. The number of nitrogens with one attached hydrogen (secondary N) is 1. The molecule has 1 atom stereocenters. The molecule has 1 aromatic heterocycles. The Hall–Kier alpha value is -1.74. The normalized spacial score (nSPS) is 17.3. The summed E-state index contributed by atoms with van der Waals surface area (Å²) in [6.07, 6.45) is 4.04. The maximum Gasteiger partial charge on any atom is 0.319 e. The maximum absolute atomic E-state index is 12.8. The highest BCUT2D eigenvalue weighted by atomic mass is 19.3. The Morgan fingerprint density at radius 2 is 2.08 bits per heavy atom. The molecule has 24 heavy (non-hydrogen) atoms. The predicted octanol–water partition coefficient (Wildman–Crippen LogP) is 1.27. The molecule has 0 bridgehead atoms. The van der Waals surface area contributed by atoms with Gasteiger partial charge in [0.1, 0.15) is 5.82 Å². The van der Waals surface area contributed by atoms with Gasteiger partial charge in [-0.05, 0) is 19.8 Å². The number of carbonyl (C=O) groups excluding carboxylic acids is 1. The second-order valence-corrected chi connectivity index (χ2v) is 6.01. The third kappa shape index (κ3) is 5.13. The average molecular weight is 345 g/mol. The van der Waals surface area contributed by atoms with Crippen LogP contribution in [0.4, 0.5) is 13.6 Å². The standard InChI is InChI=1S/C15H25F2N5O2/c1-12(3-2-10-23)19-15(24)21-8-6-20(7-9-21)11-13-18-4-5-22(13)14(16)17/h4-5,12,14,23H,2-3,6-11H2,1H3,(H,19,24). The number of halogens is 2. The average Bonchev–Trinajstić information content (AvgIpc) is 3.02. The van der Waals surface area contributed by atoms with Crippen molar-refractivity contribution in [2.45, 2.75) is 38.9 Å². The monoisotopic (exact) mass is 345 g/mol. The molecule has 1 aliphatic heterocycles. The molecule has 136 valence electrons. The van der Waals surface area contributed by atoms with E-state index in [1.807, 2.05) is 11.8 Å². The summed E-state index contributed by atoms with van der Waals surface area (Å²) in [4.78, 5) is 19.9. The zero-order chi connectivity index (χ0) is 17.5. The van der Waals surface area contributed by atoms with Crippen molar-refractivity contribution in [1.29, 1.82) is 0 Å². The number of rotatable bonds is 7. The lowest BCUT2D eigenvalue weighted by atomic mass is 10.2. The third-order valence-electron chi connectivity index (χ3n) is 4.15. The van der Waals surface area contributed by atoms with Gasteiger partial charge in [-0.3, -0.25) is 9.47 Å². The van der Waals surface area contributed by atoms with Gasteiger partial charge < -0.3 is 15.3 Å². The Bertz CT molecular complexity index is 518. The van der Waals surface area contributed by atoms with Gasteiger partial charge in [0.15, 0.2) is 0 Å². The number of aliphatic hydroxyl groups is 1. The summed E-state index contributed by atoms with van der Waals surface area (Å²) in [5.41, 5.74) is 0. The van der Waals surface area contributed by atoms with Crippen molar-refractivity contribution in [3.63, 3.8) is 0 Å². The van der Waals surface area contributed by atoms with Crippen LogP contribution in [0, 0.1) is 0 Å². The van der Waals surface area contributed by atoms with E-state index in [0.717, 1.165) is 11.0 Å². The van der Waals surface area contributed by atoms with Gasteiger partial charge in [0.2, 0.25) is 0 Å². The highest BCUT2D eigenvalue weighted by Crippen LogP contribution is 2.15. The van der Waals surface area contributed by atoms with Crippen LogP contribution < -0.4 is 5.32 Å². The van der Waals surface area contributed by atoms with Gasteiger partial charge >= 0.3 is 12.6 Å². The number of nitrogens with zero attached hydrogens (tertiary/aromatic N) is 4. The molecule has 1 saturated heterocycles. The molecule has 2 N–H and O–H groups in total. The van der Waals surface area contributed by atoms with Crippen molar-refractivity contribution in [3.05, 3.63) is 18.2 Å². The molecular formula is C15H25F2N5O2. The molecule has 7 nitrogen and oxygen atoms in total. The number of piperazine rings is 1. The van der Waals surface area contributed by atoms with Gasteiger partial charge in [-0.2, -0.15) is 8.78 Å². The van der Waals surface area contributed by atoms with Crippen molar-refractivity contribution in [2.24, 2.45) is 0 Å². The molecule has 1 unspecified atom stereocenters. The zero-order valence-electron chi connectivity index (χ0n) is 13.9. The van der Waals surface area contributed by atoms with Gasteiger partial charge in [-0.25, -0.2) is 9.78 Å². The molecule has 1 fully saturated rings. The number of alkyl halides is 2.